The van der Waals surface area contributed by atoms with Crippen LogP contribution in [0.3, 0.4) is 0 Å². The van der Waals surface area contributed by atoms with E-state index in [1.54, 1.807) is 24.3 Å². The maximum atomic E-state index is 12.6. The van der Waals surface area contributed by atoms with Gasteiger partial charge >= 0.3 is 0 Å². The van der Waals surface area contributed by atoms with Crippen LogP contribution in [0.25, 0.3) is 0 Å². The zero-order chi connectivity index (χ0) is 21.9. The maximum absolute atomic E-state index is 12.6. The standard InChI is InChI=1S/C25H31N3O3/c29-23(27-21-14-8-3-9-15-21)16-17-26-24(30)18-22(19-10-4-1-5-11-19)28-25(31)20-12-6-2-7-13-20/h1-2,4-7,10-13,21-22H,3,8-9,14-18H2,(H,26,30)(H,27,29)(H,28,31). The summed E-state index contributed by atoms with van der Waals surface area (Å²) in [5, 5.41) is 8.82. The summed E-state index contributed by atoms with van der Waals surface area (Å²) in [7, 11) is 0. The summed E-state index contributed by atoms with van der Waals surface area (Å²) in [6.45, 7) is 0.283. The molecule has 0 aromatic heterocycles. The summed E-state index contributed by atoms with van der Waals surface area (Å²) in [5.74, 6) is -0.453. The highest BCUT2D eigenvalue weighted by Crippen LogP contribution is 2.18. The molecule has 1 unspecified atom stereocenters. The minimum atomic E-state index is -0.454. The molecular formula is C25H31N3O3. The van der Waals surface area contributed by atoms with Gasteiger partial charge in [-0.25, -0.2) is 0 Å². The summed E-state index contributed by atoms with van der Waals surface area (Å²) >= 11 is 0. The summed E-state index contributed by atoms with van der Waals surface area (Å²) in [6, 6.07) is 18.2. The largest absolute Gasteiger partial charge is 0.356 e. The Balaban J connectivity index is 1.50. The predicted molar refractivity (Wildman–Crippen MR) is 120 cm³/mol. The van der Waals surface area contributed by atoms with Crippen LogP contribution in [0.2, 0.25) is 0 Å². The normalized spacial score (nSPS) is 15.0. The fourth-order valence-electron chi connectivity index (χ4n) is 3.89. The quantitative estimate of drug-likeness (QED) is 0.579. The van der Waals surface area contributed by atoms with Gasteiger partial charge in [-0.2, -0.15) is 0 Å². The number of hydrogen-bond acceptors (Lipinski definition) is 3. The van der Waals surface area contributed by atoms with Crippen LogP contribution in [-0.4, -0.2) is 30.3 Å². The van der Waals surface area contributed by atoms with Crippen LogP contribution >= 0.6 is 0 Å². The molecule has 31 heavy (non-hydrogen) atoms. The molecule has 0 spiro atoms. The Morgan fingerprint density at radius 3 is 2.16 bits per heavy atom. The SMILES string of the molecule is O=C(CC(NC(=O)c1ccccc1)c1ccccc1)NCCC(=O)NC1CCCCC1. The van der Waals surface area contributed by atoms with E-state index in [0.717, 1.165) is 31.2 Å². The minimum absolute atomic E-state index is 0.0239. The van der Waals surface area contributed by atoms with Crippen molar-refractivity contribution in [2.24, 2.45) is 0 Å². The Labute approximate surface area is 183 Å². The molecule has 164 valence electrons. The summed E-state index contributed by atoms with van der Waals surface area (Å²) in [6.07, 6.45) is 6.01. The highest BCUT2D eigenvalue weighted by Gasteiger charge is 2.20. The van der Waals surface area contributed by atoms with Crippen LogP contribution in [-0.2, 0) is 9.59 Å². The van der Waals surface area contributed by atoms with Gasteiger partial charge in [0.2, 0.25) is 11.8 Å². The van der Waals surface area contributed by atoms with E-state index in [1.807, 2.05) is 36.4 Å². The molecule has 3 N–H and O–H groups in total. The molecule has 1 fully saturated rings. The van der Waals surface area contributed by atoms with Crippen molar-refractivity contribution in [3.63, 3.8) is 0 Å². The van der Waals surface area contributed by atoms with Crippen molar-refractivity contribution in [3.05, 3.63) is 71.8 Å². The van der Waals surface area contributed by atoms with Crippen LogP contribution in [0.15, 0.2) is 60.7 Å². The van der Waals surface area contributed by atoms with Crippen molar-refractivity contribution >= 4 is 17.7 Å². The molecule has 0 radical (unpaired) electrons. The van der Waals surface area contributed by atoms with Crippen LogP contribution in [0.5, 0.6) is 0 Å². The average Bonchev–Trinajstić information content (AvgIpc) is 2.80. The molecule has 6 nitrogen and oxygen atoms in total. The molecule has 2 aromatic carbocycles. The molecule has 3 rings (SSSR count). The van der Waals surface area contributed by atoms with Gasteiger partial charge in [0.15, 0.2) is 0 Å². The van der Waals surface area contributed by atoms with E-state index in [2.05, 4.69) is 16.0 Å². The van der Waals surface area contributed by atoms with E-state index in [9.17, 15) is 14.4 Å². The predicted octanol–water partition coefficient (Wildman–Crippen LogP) is 3.50. The highest BCUT2D eigenvalue weighted by molar-refractivity contribution is 5.94. The summed E-state index contributed by atoms with van der Waals surface area (Å²) in [4.78, 5) is 37.2. The van der Waals surface area contributed by atoms with Crippen LogP contribution in [0, 0.1) is 0 Å². The third kappa shape index (κ3) is 7.55. The first kappa shape index (κ1) is 22.5. The van der Waals surface area contributed by atoms with Crippen molar-refractivity contribution in [1.82, 2.24) is 16.0 Å². The highest BCUT2D eigenvalue weighted by atomic mass is 16.2. The zero-order valence-corrected chi connectivity index (χ0v) is 17.8. The fourth-order valence-corrected chi connectivity index (χ4v) is 3.89. The Morgan fingerprint density at radius 1 is 0.839 bits per heavy atom. The number of nitrogens with one attached hydrogen (secondary N) is 3. The smallest absolute Gasteiger partial charge is 0.251 e. The molecule has 1 aliphatic carbocycles. The molecule has 2 aromatic rings. The first-order chi connectivity index (χ1) is 15.1. The van der Waals surface area contributed by atoms with Gasteiger partial charge in [-0.15, -0.1) is 0 Å². The molecule has 0 saturated heterocycles. The van der Waals surface area contributed by atoms with Crippen LogP contribution < -0.4 is 16.0 Å². The monoisotopic (exact) mass is 421 g/mol. The second-order valence-electron chi connectivity index (χ2n) is 8.01. The van der Waals surface area contributed by atoms with Gasteiger partial charge < -0.3 is 16.0 Å². The number of benzene rings is 2. The molecule has 1 atom stereocenters. The van der Waals surface area contributed by atoms with Crippen molar-refractivity contribution in [2.45, 2.75) is 57.0 Å². The lowest BCUT2D eigenvalue weighted by atomic mass is 9.95. The topological polar surface area (TPSA) is 87.3 Å². The molecule has 3 amide bonds. The Morgan fingerprint density at radius 2 is 1.48 bits per heavy atom. The first-order valence-electron chi connectivity index (χ1n) is 11.1. The van der Waals surface area contributed by atoms with Gasteiger partial charge in [0.05, 0.1) is 12.5 Å². The molecule has 1 aliphatic rings. The van der Waals surface area contributed by atoms with Crippen LogP contribution in [0.1, 0.15) is 66.9 Å². The van der Waals surface area contributed by atoms with Crippen molar-refractivity contribution < 1.29 is 14.4 Å². The lowest BCUT2D eigenvalue weighted by molar-refractivity contribution is -0.123. The van der Waals surface area contributed by atoms with Gasteiger partial charge in [0.25, 0.3) is 5.91 Å². The molecule has 0 aliphatic heterocycles. The minimum Gasteiger partial charge on any atom is -0.356 e. The van der Waals surface area contributed by atoms with Crippen LogP contribution in [0.4, 0.5) is 0 Å². The lowest BCUT2D eigenvalue weighted by Gasteiger charge is -2.22. The van der Waals surface area contributed by atoms with Gasteiger partial charge in [-0.1, -0.05) is 67.8 Å². The number of amides is 3. The zero-order valence-electron chi connectivity index (χ0n) is 17.8. The van der Waals surface area contributed by atoms with E-state index in [-0.39, 0.29) is 43.1 Å². The average molecular weight is 422 g/mol. The summed E-state index contributed by atoms with van der Waals surface area (Å²) < 4.78 is 0. The van der Waals surface area contributed by atoms with E-state index in [1.165, 1.54) is 6.42 Å². The first-order valence-corrected chi connectivity index (χ1v) is 11.1. The van der Waals surface area contributed by atoms with Crippen molar-refractivity contribution in [2.75, 3.05) is 6.54 Å². The van der Waals surface area contributed by atoms with Crippen molar-refractivity contribution in [3.8, 4) is 0 Å². The van der Waals surface area contributed by atoms with Gasteiger partial charge in [-0.3, -0.25) is 14.4 Å². The molecule has 0 heterocycles. The molecule has 6 heteroatoms. The van der Waals surface area contributed by atoms with E-state index in [0.29, 0.717) is 5.56 Å². The fraction of sp³-hybridized carbons (Fsp3) is 0.400. The van der Waals surface area contributed by atoms with Crippen molar-refractivity contribution in [1.29, 1.82) is 0 Å². The number of rotatable bonds is 9. The second-order valence-corrected chi connectivity index (χ2v) is 8.01. The number of carbonyl (C=O) groups is 3. The van der Waals surface area contributed by atoms with E-state index >= 15 is 0 Å². The van der Waals surface area contributed by atoms with Gasteiger partial charge in [-0.05, 0) is 30.5 Å². The van der Waals surface area contributed by atoms with Gasteiger partial charge in [0.1, 0.15) is 0 Å². The molecule has 0 bridgehead atoms. The third-order valence-electron chi connectivity index (χ3n) is 5.58. The second kappa shape index (κ2) is 11.9. The number of hydrogen-bond donors (Lipinski definition) is 3. The lowest BCUT2D eigenvalue weighted by Crippen LogP contribution is -2.38. The Bertz CT molecular complexity index is 849. The van der Waals surface area contributed by atoms with E-state index < -0.39 is 6.04 Å². The Hall–Kier alpha value is -3.15. The maximum Gasteiger partial charge on any atom is 0.251 e. The van der Waals surface area contributed by atoms with Gasteiger partial charge in [0, 0.05) is 24.6 Å². The third-order valence-corrected chi connectivity index (χ3v) is 5.58. The summed E-state index contributed by atoms with van der Waals surface area (Å²) in [5.41, 5.74) is 1.40. The number of carbonyl (C=O) groups excluding carboxylic acids is 3. The Kier molecular flexibility index (Phi) is 8.64. The molecular weight excluding hydrogens is 390 g/mol. The van der Waals surface area contributed by atoms with E-state index in [4.69, 9.17) is 0 Å². The molecule has 1 saturated carbocycles.